The first-order valence-corrected chi connectivity index (χ1v) is 18.3. The van der Waals surface area contributed by atoms with Crippen LogP contribution >= 0.6 is 0 Å². The molecular formula is C37H62N2O11. The van der Waals surface area contributed by atoms with Crippen LogP contribution in [0.2, 0.25) is 0 Å². The van der Waals surface area contributed by atoms with Gasteiger partial charge in [-0.05, 0) is 51.5 Å². The number of aliphatic hydroxyl groups excluding tert-OH is 3. The molecule has 2 unspecified atom stereocenters. The molecule has 0 aromatic carbocycles. The van der Waals surface area contributed by atoms with Crippen LogP contribution in [0.4, 0.5) is 4.79 Å². The molecule has 0 spiro atoms. The van der Waals surface area contributed by atoms with Gasteiger partial charge in [0.2, 0.25) is 0 Å². The molecule has 0 bridgehead atoms. The van der Waals surface area contributed by atoms with Crippen LogP contribution in [0.5, 0.6) is 0 Å². The molecule has 2 fully saturated rings. The number of nitrogens with zero attached hydrogens (tertiary/aromatic N) is 2. The summed E-state index contributed by atoms with van der Waals surface area (Å²) in [5.41, 5.74) is -2.49. The van der Waals surface area contributed by atoms with E-state index in [0.717, 1.165) is 0 Å². The monoisotopic (exact) mass is 710 g/mol. The fourth-order valence-corrected chi connectivity index (χ4v) is 6.95. The number of hydrogen-bond donors (Lipinski definition) is 4. The molecule has 11 atom stereocenters. The molecule has 0 radical (unpaired) electrons. The van der Waals surface area contributed by atoms with Gasteiger partial charge in [-0.15, -0.1) is 0 Å². The van der Waals surface area contributed by atoms with Gasteiger partial charge >= 0.3 is 18.0 Å². The predicted molar refractivity (Wildman–Crippen MR) is 186 cm³/mol. The Labute approximate surface area is 297 Å². The number of rotatable bonds is 13. The number of amides is 1. The van der Waals surface area contributed by atoms with Crippen molar-refractivity contribution in [1.29, 1.82) is 0 Å². The molecule has 0 aromatic heterocycles. The molecule has 3 aliphatic heterocycles. The summed E-state index contributed by atoms with van der Waals surface area (Å²) in [6.07, 6.45) is 4.60. The number of epoxide rings is 1. The molecule has 0 aliphatic carbocycles. The third-order valence-electron chi connectivity index (χ3n) is 10.3. The highest BCUT2D eigenvalue weighted by Crippen LogP contribution is 2.38. The van der Waals surface area contributed by atoms with Crippen molar-refractivity contribution in [2.75, 3.05) is 39.3 Å². The molecular weight excluding hydrogens is 648 g/mol. The van der Waals surface area contributed by atoms with Gasteiger partial charge in [-0.3, -0.25) is 14.5 Å². The van der Waals surface area contributed by atoms with Crippen molar-refractivity contribution in [3.05, 3.63) is 24.3 Å². The number of carbonyl (C=O) groups is 3. The van der Waals surface area contributed by atoms with Crippen LogP contribution in [0.25, 0.3) is 0 Å². The van der Waals surface area contributed by atoms with Gasteiger partial charge in [0.25, 0.3) is 0 Å². The summed E-state index contributed by atoms with van der Waals surface area (Å²) in [7, 11) is 0. The zero-order chi connectivity index (χ0) is 37.2. The molecule has 3 aliphatic rings. The zero-order valence-corrected chi connectivity index (χ0v) is 31.0. The lowest BCUT2D eigenvalue weighted by Crippen LogP contribution is -2.53. The van der Waals surface area contributed by atoms with E-state index in [0.29, 0.717) is 52.0 Å². The van der Waals surface area contributed by atoms with E-state index >= 15 is 0 Å². The summed E-state index contributed by atoms with van der Waals surface area (Å²) in [6.45, 7) is 14.9. The highest BCUT2D eigenvalue weighted by molar-refractivity contribution is 5.70. The number of carbonyl (C=O) groups excluding carboxylic acids is 3. The van der Waals surface area contributed by atoms with Crippen LogP contribution in [0.15, 0.2) is 24.3 Å². The van der Waals surface area contributed by atoms with Crippen molar-refractivity contribution in [1.82, 2.24) is 9.80 Å². The number of hydrogen-bond acceptors (Lipinski definition) is 12. The Bertz CT molecular complexity index is 1170. The molecule has 13 heteroatoms. The van der Waals surface area contributed by atoms with Gasteiger partial charge < -0.3 is 44.3 Å². The zero-order valence-electron chi connectivity index (χ0n) is 31.0. The smallest absolute Gasteiger partial charge is 0.410 e. The summed E-state index contributed by atoms with van der Waals surface area (Å²) >= 11 is 0. The second kappa shape index (κ2) is 18.8. The normalized spacial score (nSPS) is 33.6. The van der Waals surface area contributed by atoms with E-state index in [2.05, 4.69) is 4.90 Å². The molecule has 2 saturated heterocycles. The number of piperazine rings is 1. The number of cyclic esters (lactones) is 1. The molecule has 50 heavy (non-hydrogen) atoms. The third-order valence-corrected chi connectivity index (χ3v) is 10.3. The van der Waals surface area contributed by atoms with Gasteiger partial charge in [0.15, 0.2) is 11.7 Å². The molecule has 3 rings (SSSR count). The van der Waals surface area contributed by atoms with E-state index in [1.807, 2.05) is 33.8 Å². The summed E-state index contributed by atoms with van der Waals surface area (Å²) < 4.78 is 23.5. The minimum atomic E-state index is -1.35. The Kier molecular flexibility index (Phi) is 15.7. The number of esters is 2. The number of aliphatic hydroxyl groups is 4. The van der Waals surface area contributed by atoms with Crippen LogP contribution < -0.4 is 0 Å². The van der Waals surface area contributed by atoms with Gasteiger partial charge in [-0.2, -0.15) is 0 Å². The topological polar surface area (TPSA) is 179 Å². The first-order valence-electron chi connectivity index (χ1n) is 18.3. The van der Waals surface area contributed by atoms with E-state index in [4.69, 9.17) is 18.9 Å². The summed E-state index contributed by atoms with van der Waals surface area (Å²) in [4.78, 5) is 42.4. The number of allylic oxidation sites excluding steroid dienone is 1. The molecule has 286 valence electrons. The second-order valence-electron chi connectivity index (χ2n) is 15.0. The third kappa shape index (κ3) is 12.6. The molecule has 1 amide bonds. The van der Waals surface area contributed by atoms with E-state index in [1.54, 1.807) is 37.0 Å². The maximum absolute atomic E-state index is 13.4. The van der Waals surface area contributed by atoms with Crippen molar-refractivity contribution >= 4 is 18.0 Å². The average molecular weight is 711 g/mol. The standard InChI is InChI=1S/C37H62N2O11/c1-8-29(43)26(4)34-30(48-34)23-36(6,46)14-9-10-24(2)33-25(3)11-12-31(47-27(5)41)37(7,15-13-28(42)22-32(44)49-33)50-35(45)39-18-16-38(17-19-39)20-21-40/h9,11-12,14,24-26,28-31,33-34,40,42-43,46H,8,10,13,15-23H2,1-7H3/b12-11+,14-9+/t24?,25-,26+,28+,29-,30+,31-,33+,34+,36?,37+/m0/s1. The molecule has 4 N–H and O–H groups in total. The van der Waals surface area contributed by atoms with E-state index in [-0.39, 0.29) is 55.8 Å². The predicted octanol–water partition coefficient (Wildman–Crippen LogP) is 2.97. The van der Waals surface area contributed by atoms with Crippen LogP contribution in [-0.4, -0.2) is 135 Å². The minimum absolute atomic E-state index is 0.0158. The lowest BCUT2D eigenvalue weighted by molar-refractivity contribution is -0.159. The highest BCUT2D eigenvalue weighted by atomic mass is 16.6. The van der Waals surface area contributed by atoms with Gasteiger partial charge in [0.1, 0.15) is 6.10 Å². The molecule has 0 saturated carbocycles. The quantitative estimate of drug-likeness (QED) is 0.0952. The lowest BCUT2D eigenvalue weighted by Gasteiger charge is -2.40. The van der Waals surface area contributed by atoms with Crippen molar-refractivity contribution in [2.24, 2.45) is 17.8 Å². The van der Waals surface area contributed by atoms with Crippen LogP contribution in [0.3, 0.4) is 0 Å². The maximum Gasteiger partial charge on any atom is 0.410 e. The van der Waals surface area contributed by atoms with E-state index in [1.165, 1.54) is 6.92 Å². The second-order valence-corrected chi connectivity index (χ2v) is 15.0. The van der Waals surface area contributed by atoms with E-state index in [9.17, 15) is 34.8 Å². The Morgan fingerprint density at radius 2 is 1.86 bits per heavy atom. The highest BCUT2D eigenvalue weighted by Gasteiger charge is 2.47. The van der Waals surface area contributed by atoms with Gasteiger partial charge in [-0.25, -0.2) is 4.79 Å². The van der Waals surface area contributed by atoms with Crippen LogP contribution in [0.1, 0.15) is 87.0 Å². The van der Waals surface area contributed by atoms with Gasteiger partial charge in [0, 0.05) is 57.9 Å². The Balaban J connectivity index is 1.74. The summed E-state index contributed by atoms with van der Waals surface area (Å²) in [5, 5.41) is 41.3. The number of β-amino-alcohol motifs (C(OH)–C–C–N with tert-alkyl or cyclic N) is 1. The lowest BCUT2D eigenvalue weighted by atomic mass is 9.86. The van der Waals surface area contributed by atoms with Crippen LogP contribution in [-0.2, 0) is 28.5 Å². The number of ether oxygens (including phenoxy) is 4. The molecule has 13 nitrogen and oxygen atoms in total. The Morgan fingerprint density at radius 1 is 1.18 bits per heavy atom. The minimum Gasteiger partial charge on any atom is -0.461 e. The summed E-state index contributed by atoms with van der Waals surface area (Å²) in [5.74, 6) is -1.69. The van der Waals surface area contributed by atoms with Crippen molar-refractivity contribution in [3.63, 3.8) is 0 Å². The van der Waals surface area contributed by atoms with Gasteiger partial charge in [0.05, 0.1) is 43.0 Å². The molecule has 3 heterocycles. The Morgan fingerprint density at radius 3 is 2.48 bits per heavy atom. The summed E-state index contributed by atoms with van der Waals surface area (Å²) in [6, 6.07) is 0. The largest absolute Gasteiger partial charge is 0.461 e. The maximum atomic E-state index is 13.4. The van der Waals surface area contributed by atoms with E-state index < -0.39 is 53.6 Å². The fraction of sp³-hybridized carbons (Fsp3) is 0.811. The average Bonchev–Trinajstić information content (AvgIpc) is 3.81. The first kappa shape index (κ1) is 41.9. The fourth-order valence-electron chi connectivity index (χ4n) is 6.95. The van der Waals surface area contributed by atoms with Crippen LogP contribution in [0, 0.1) is 17.8 Å². The molecule has 0 aromatic rings. The SMILES string of the molecule is CC[C@H](O)[C@@H](C)[C@H]1O[C@@H]1CC(C)(O)/C=C/CC(C)[C@H]1OC(=O)C[C@H](O)CC[C@@](C)(OC(=O)N2CCN(CCO)CC2)[C@@H](OC(C)=O)/C=C/[C@@H]1C. The first-order chi connectivity index (χ1) is 23.5. The van der Waals surface area contributed by atoms with Crippen molar-refractivity contribution in [3.8, 4) is 0 Å². The van der Waals surface area contributed by atoms with Crippen molar-refractivity contribution < 1.29 is 53.8 Å². The van der Waals surface area contributed by atoms with Gasteiger partial charge in [-0.1, -0.05) is 45.9 Å². The Hall–Kier alpha value is -2.55. The van der Waals surface area contributed by atoms with Crippen molar-refractivity contribution in [2.45, 2.75) is 135 Å².